The zero-order valence-electron chi connectivity index (χ0n) is 9.50. The van der Waals surface area contributed by atoms with Gasteiger partial charge in [0.15, 0.2) is 0 Å². The Morgan fingerprint density at radius 1 is 1.47 bits per heavy atom. The molecule has 0 radical (unpaired) electrons. The minimum Gasteiger partial charge on any atom is -0.397 e. The number of nitrogens with two attached hydrogens (primary N) is 1. The number of benzene rings is 1. The summed E-state index contributed by atoms with van der Waals surface area (Å²) in [6.07, 6.45) is 3.29. The van der Waals surface area contributed by atoms with E-state index in [1.54, 1.807) is 0 Å². The number of halogens is 2. The van der Waals surface area contributed by atoms with Gasteiger partial charge in [-0.3, -0.25) is 0 Å². The van der Waals surface area contributed by atoms with E-state index < -0.39 is 5.82 Å². The Morgan fingerprint density at radius 2 is 2.18 bits per heavy atom. The van der Waals surface area contributed by atoms with Crippen LogP contribution in [0.15, 0.2) is 12.1 Å². The lowest BCUT2D eigenvalue weighted by Gasteiger charge is -2.39. The zero-order chi connectivity index (χ0) is 12.4. The minimum absolute atomic E-state index is 0.0280. The molecule has 0 amide bonds. The second-order valence-corrected chi connectivity index (χ2v) is 4.73. The Balaban J connectivity index is 2.31. The van der Waals surface area contributed by atoms with Crippen molar-refractivity contribution in [3.05, 3.63) is 23.0 Å². The monoisotopic (exact) mass is 258 g/mol. The highest BCUT2D eigenvalue weighted by Gasteiger charge is 2.26. The maximum Gasteiger partial charge on any atom is 0.144 e. The molecule has 0 spiro atoms. The van der Waals surface area contributed by atoms with E-state index in [1.165, 1.54) is 18.6 Å². The molecule has 1 fully saturated rings. The first-order valence-electron chi connectivity index (χ1n) is 5.75. The summed E-state index contributed by atoms with van der Waals surface area (Å²) in [4.78, 5) is 1.97. The lowest BCUT2D eigenvalue weighted by molar-refractivity contribution is 0.283. The van der Waals surface area contributed by atoms with E-state index in [0.717, 1.165) is 12.8 Å². The highest BCUT2D eigenvalue weighted by atomic mass is 35.5. The molecule has 3 N–H and O–H groups in total. The van der Waals surface area contributed by atoms with Gasteiger partial charge in [-0.2, -0.15) is 0 Å². The fourth-order valence-electron chi connectivity index (χ4n) is 2.11. The largest absolute Gasteiger partial charge is 0.397 e. The predicted octanol–water partition coefficient (Wildman–Crippen LogP) is 2.41. The SMILES string of the molecule is Nc1cc(Cl)c(F)cc1N(CCO)C1CCC1. The highest BCUT2D eigenvalue weighted by molar-refractivity contribution is 6.31. The molecule has 94 valence electrons. The van der Waals surface area contributed by atoms with Crippen LogP contribution in [-0.2, 0) is 0 Å². The van der Waals surface area contributed by atoms with Gasteiger partial charge in [-0.25, -0.2) is 4.39 Å². The summed E-state index contributed by atoms with van der Waals surface area (Å²) < 4.78 is 13.5. The minimum atomic E-state index is -0.474. The third-order valence-electron chi connectivity index (χ3n) is 3.24. The van der Waals surface area contributed by atoms with Crippen molar-refractivity contribution in [2.24, 2.45) is 0 Å². The van der Waals surface area contributed by atoms with Crippen molar-refractivity contribution in [1.29, 1.82) is 0 Å². The molecule has 0 aliphatic heterocycles. The third kappa shape index (κ3) is 2.48. The van der Waals surface area contributed by atoms with Crippen molar-refractivity contribution in [2.45, 2.75) is 25.3 Å². The molecule has 1 saturated carbocycles. The van der Waals surface area contributed by atoms with Crippen LogP contribution in [0.2, 0.25) is 5.02 Å². The van der Waals surface area contributed by atoms with Crippen LogP contribution in [0, 0.1) is 5.82 Å². The lowest BCUT2D eigenvalue weighted by Crippen LogP contribution is -2.42. The maximum atomic E-state index is 13.5. The van der Waals surface area contributed by atoms with Crippen LogP contribution in [0.5, 0.6) is 0 Å². The molecular formula is C12H16ClFN2O. The summed E-state index contributed by atoms with van der Waals surface area (Å²) in [6, 6.07) is 3.13. The van der Waals surface area contributed by atoms with E-state index in [0.29, 0.717) is 24.0 Å². The Kier molecular flexibility index (Phi) is 3.74. The number of anilines is 2. The smallest absolute Gasteiger partial charge is 0.144 e. The fraction of sp³-hybridized carbons (Fsp3) is 0.500. The van der Waals surface area contributed by atoms with Crippen LogP contribution >= 0.6 is 11.6 Å². The van der Waals surface area contributed by atoms with Crippen molar-refractivity contribution < 1.29 is 9.50 Å². The first kappa shape index (κ1) is 12.5. The Morgan fingerprint density at radius 3 is 2.71 bits per heavy atom. The summed E-state index contributed by atoms with van der Waals surface area (Å²) in [7, 11) is 0. The topological polar surface area (TPSA) is 49.5 Å². The fourth-order valence-corrected chi connectivity index (χ4v) is 2.28. The Labute approximate surface area is 105 Å². The average Bonchev–Trinajstić information content (AvgIpc) is 2.20. The average molecular weight is 259 g/mol. The molecule has 17 heavy (non-hydrogen) atoms. The number of nitrogens with zero attached hydrogens (tertiary/aromatic N) is 1. The Bertz CT molecular complexity index is 410. The van der Waals surface area contributed by atoms with Crippen molar-refractivity contribution >= 4 is 23.0 Å². The van der Waals surface area contributed by atoms with Crippen LogP contribution in [0.25, 0.3) is 0 Å². The number of nitrogen functional groups attached to an aromatic ring is 1. The van der Waals surface area contributed by atoms with Crippen molar-refractivity contribution in [3.8, 4) is 0 Å². The van der Waals surface area contributed by atoms with Gasteiger partial charge in [0.2, 0.25) is 0 Å². The van der Waals surface area contributed by atoms with Gasteiger partial charge >= 0.3 is 0 Å². The van der Waals surface area contributed by atoms with Gasteiger partial charge in [0.25, 0.3) is 0 Å². The molecule has 0 heterocycles. The molecule has 1 aliphatic rings. The van der Waals surface area contributed by atoms with E-state index in [9.17, 15) is 4.39 Å². The van der Waals surface area contributed by atoms with Gasteiger partial charge in [0, 0.05) is 18.7 Å². The molecule has 1 aliphatic carbocycles. The van der Waals surface area contributed by atoms with Crippen LogP contribution in [0.4, 0.5) is 15.8 Å². The standard InChI is InChI=1S/C12H16ClFN2O/c13-9-6-11(15)12(7-10(9)14)16(4-5-17)8-2-1-3-8/h6-8,17H,1-5,15H2. The maximum absolute atomic E-state index is 13.5. The first-order chi connectivity index (χ1) is 8.13. The molecule has 1 aromatic rings. The number of hydrogen-bond donors (Lipinski definition) is 2. The van der Waals surface area contributed by atoms with Gasteiger partial charge in [0.1, 0.15) is 5.82 Å². The number of rotatable bonds is 4. The molecule has 0 saturated heterocycles. The third-order valence-corrected chi connectivity index (χ3v) is 3.53. The number of aliphatic hydroxyl groups is 1. The molecule has 0 atom stereocenters. The summed E-state index contributed by atoms with van der Waals surface area (Å²) >= 11 is 5.67. The normalized spacial score (nSPS) is 15.7. The molecule has 0 aromatic heterocycles. The first-order valence-corrected chi connectivity index (χ1v) is 6.13. The quantitative estimate of drug-likeness (QED) is 0.816. The second kappa shape index (κ2) is 5.10. The summed E-state index contributed by atoms with van der Waals surface area (Å²) in [5, 5.41) is 9.11. The molecule has 1 aromatic carbocycles. The molecule has 0 bridgehead atoms. The van der Waals surface area contributed by atoms with Gasteiger partial charge in [0.05, 0.1) is 23.0 Å². The molecule has 3 nitrogen and oxygen atoms in total. The van der Waals surface area contributed by atoms with Gasteiger partial charge in [-0.1, -0.05) is 11.6 Å². The van der Waals surface area contributed by atoms with Crippen LogP contribution in [0.1, 0.15) is 19.3 Å². The van der Waals surface area contributed by atoms with Crippen molar-refractivity contribution in [2.75, 3.05) is 23.8 Å². The molecule has 2 rings (SSSR count). The van der Waals surface area contributed by atoms with Gasteiger partial charge < -0.3 is 15.7 Å². The molecule has 5 heteroatoms. The lowest BCUT2D eigenvalue weighted by atomic mass is 9.91. The van der Waals surface area contributed by atoms with Crippen molar-refractivity contribution in [1.82, 2.24) is 0 Å². The predicted molar refractivity (Wildman–Crippen MR) is 67.9 cm³/mol. The second-order valence-electron chi connectivity index (χ2n) is 4.33. The van der Waals surface area contributed by atoms with Crippen LogP contribution in [-0.4, -0.2) is 24.3 Å². The van der Waals surface area contributed by atoms with E-state index in [-0.39, 0.29) is 11.6 Å². The molecular weight excluding hydrogens is 243 g/mol. The van der Waals surface area contributed by atoms with E-state index in [1.807, 2.05) is 4.90 Å². The highest BCUT2D eigenvalue weighted by Crippen LogP contribution is 2.35. The van der Waals surface area contributed by atoms with Gasteiger partial charge in [-0.05, 0) is 25.3 Å². The zero-order valence-corrected chi connectivity index (χ0v) is 10.3. The van der Waals surface area contributed by atoms with Gasteiger partial charge in [-0.15, -0.1) is 0 Å². The molecule has 0 unspecified atom stereocenters. The summed E-state index contributed by atoms with van der Waals surface area (Å²) in [6.45, 7) is 0.496. The summed E-state index contributed by atoms with van der Waals surface area (Å²) in [5.74, 6) is -0.474. The summed E-state index contributed by atoms with van der Waals surface area (Å²) in [5.41, 5.74) is 6.95. The van der Waals surface area contributed by atoms with E-state index in [4.69, 9.17) is 22.4 Å². The van der Waals surface area contributed by atoms with Crippen LogP contribution < -0.4 is 10.6 Å². The van der Waals surface area contributed by atoms with E-state index >= 15 is 0 Å². The van der Waals surface area contributed by atoms with Crippen LogP contribution in [0.3, 0.4) is 0 Å². The van der Waals surface area contributed by atoms with Crippen molar-refractivity contribution in [3.63, 3.8) is 0 Å². The number of aliphatic hydroxyl groups excluding tert-OH is 1. The Hall–Kier alpha value is -1.00. The van der Waals surface area contributed by atoms with E-state index in [2.05, 4.69) is 0 Å². The number of hydrogen-bond acceptors (Lipinski definition) is 3.